The maximum Gasteiger partial charge on any atom is 0.0455 e. The van der Waals surface area contributed by atoms with Gasteiger partial charge in [0.25, 0.3) is 0 Å². The largest absolute Gasteiger partial charge is 0.373 e. The van der Waals surface area contributed by atoms with E-state index in [9.17, 15) is 0 Å². The topological polar surface area (TPSA) is 16.1 Å². The van der Waals surface area contributed by atoms with Crippen molar-refractivity contribution >= 4 is 18.1 Å². The lowest BCUT2D eigenvalue weighted by Gasteiger charge is -2.22. The summed E-state index contributed by atoms with van der Waals surface area (Å²) in [5.74, 6) is 0.709. The zero-order valence-electron chi connectivity index (χ0n) is 12.3. The summed E-state index contributed by atoms with van der Waals surface area (Å²) in [6, 6.07) is 2.36. The number of fused-ring (bicyclic) bond motifs is 1. The minimum atomic E-state index is 0. The van der Waals surface area contributed by atoms with Crippen molar-refractivity contribution in [2.45, 2.75) is 57.3 Å². The van der Waals surface area contributed by atoms with Gasteiger partial charge in [-0.1, -0.05) is 33.1 Å². The molecule has 1 aromatic rings. The SMILES string of the molecule is CN1CC(C)(C)c2cnc(C3CCCCC3)cc21.Cl. The van der Waals surface area contributed by atoms with E-state index in [0.29, 0.717) is 5.92 Å². The van der Waals surface area contributed by atoms with E-state index in [1.165, 1.54) is 49.0 Å². The molecule has 0 amide bonds. The minimum Gasteiger partial charge on any atom is -0.373 e. The summed E-state index contributed by atoms with van der Waals surface area (Å²) in [6.07, 6.45) is 8.98. The van der Waals surface area contributed by atoms with Gasteiger partial charge in [-0.25, -0.2) is 0 Å². The molecule has 0 radical (unpaired) electrons. The first-order valence-electron chi connectivity index (χ1n) is 7.29. The van der Waals surface area contributed by atoms with Crippen molar-refractivity contribution in [3.63, 3.8) is 0 Å². The highest BCUT2D eigenvalue weighted by atomic mass is 35.5. The second kappa shape index (κ2) is 5.32. The van der Waals surface area contributed by atoms with Crippen molar-refractivity contribution in [2.75, 3.05) is 18.5 Å². The lowest BCUT2D eigenvalue weighted by Crippen LogP contribution is -2.24. The minimum absolute atomic E-state index is 0. The summed E-state index contributed by atoms with van der Waals surface area (Å²) in [7, 11) is 2.21. The van der Waals surface area contributed by atoms with E-state index in [-0.39, 0.29) is 17.8 Å². The zero-order chi connectivity index (χ0) is 12.8. The van der Waals surface area contributed by atoms with E-state index in [1.807, 2.05) is 0 Å². The third kappa shape index (κ3) is 2.60. The van der Waals surface area contributed by atoms with Crippen LogP contribution in [0.15, 0.2) is 12.3 Å². The van der Waals surface area contributed by atoms with Gasteiger partial charge in [0.05, 0.1) is 0 Å². The molecule has 2 aliphatic rings. The molecule has 1 aliphatic carbocycles. The lowest BCUT2D eigenvalue weighted by atomic mass is 9.85. The first kappa shape index (κ1) is 14.6. The van der Waals surface area contributed by atoms with Crippen LogP contribution in [0.5, 0.6) is 0 Å². The van der Waals surface area contributed by atoms with E-state index in [2.05, 4.69) is 38.1 Å². The fraction of sp³-hybridized carbons (Fsp3) is 0.688. The molecular weight excluding hydrogens is 256 g/mol. The van der Waals surface area contributed by atoms with Gasteiger partial charge in [0.2, 0.25) is 0 Å². The average Bonchev–Trinajstić information content (AvgIpc) is 2.61. The molecule has 0 bridgehead atoms. The highest BCUT2D eigenvalue weighted by Crippen LogP contribution is 2.41. The van der Waals surface area contributed by atoms with Crippen LogP contribution < -0.4 is 4.90 Å². The third-order valence-electron chi connectivity index (χ3n) is 4.70. The van der Waals surface area contributed by atoms with Crippen molar-refractivity contribution in [2.24, 2.45) is 0 Å². The molecule has 2 heterocycles. The van der Waals surface area contributed by atoms with Crippen molar-refractivity contribution in [1.82, 2.24) is 4.98 Å². The smallest absolute Gasteiger partial charge is 0.0455 e. The number of nitrogens with zero attached hydrogens (tertiary/aromatic N) is 2. The lowest BCUT2D eigenvalue weighted by molar-refractivity contribution is 0.436. The van der Waals surface area contributed by atoms with E-state index >= 15 is 0 Å². The number of likely N-dealkylation sites (N-methyl/N-ethyl adjacent to an activating group) is 1. The quantitative estimate of drug-likeness (QED) is 0.763. The molecule has 1 aromatic heterocycles. The Morgan fingerprint density at radius 3 is 2.58 bits per heavy atom. The summed E-state index contributed by atoms with van der Waals surface area (Å²) < 4.78 is 0. The van der Waals surface area contributed by atoms with Crippen LogP contribution in [0, 0.1) is 0 Å². The van der Waals surface area contributed by atoms with Gasteiger partial charge in [0.15, 0.2) is 0 Å². The molecule has 1 saturated carbocycles. The molecule has 0 unspecified atom stereocenters. The van der Waals surface area contributed by atoms with Crippen LogP contribution in [-0.4, -0.2) is 18.6 Å². The van der Waals surface area contributed by atoms with Crippen molar-refractivity contribution in [3.8, 4) is 0 Å². The van der Waals surface area contributed by atoms with Crippen molar-refractivity contribution < 1.29 is 0 Å². The number of halogens is 1. The molecule has 1 fully saturated rings. The van der Waals surface area contributed by atoms with Crippen LogP contribution in [-0.2, 0) is 5.41 Å². The Morgan fingerprint density at radius 2 is 1.89 bits per heavy atom. The summed E-state index contributed by atoms with van der Waals surface area (Å²) >= 11 is 0. The van der Waals surface area contributed by atoms with E-state index in [4.69, 9.17) is 4.98 Å². The highest BCUT2D eigenvalue weighted by Gasteiger charge is 2.34. The third-order valence-corrected chi connectivity index (χ3v) is 4.70. The number of hydrogen-bond donors (Lipinski definition) is 0. The van der Waals surface area contributed by atoms with Crippen LogP contribution in [0.1, 0.15) is 63.1 Å². The summed E-state index contributed by atoms with van der Waals surface area (Å²) in [5.41, 5.74) is 4.42. The van der Waals surface area contributed by atoms with Gasteiger partial charge in [-0.3, -0.25) is 4.98 Å². The Labute approximate surface area is 123 Å². The van der Waals surface area contributed by atoms with Crippen molar-refractivity contribution in [3.05, 3.63) is 23.5 Å². The Bertz CT molecular complexity index is 450. The number of anilines is 1. The molecule has 0 aromatic carbocycles. The van der Waals surface area contributed by atoms with E-state index < -0.39 is 0 Å². The van der Waals surface area contributed by atoms with Gasteiger partial charge in [0.1, 0.15) is 0 Å². The normalized spacial score (nSPS) is 21.9. The molecule has 106 valence electrons. The second-order valence-corrected chi connectivity index (χ2v) is 6.70. The molecule has 0 atom stereocenters. The Morgan fingerprint density at radius 1 is 1.21 bits per heavy atom. The zero-order valence-corrected chi connectivity index (χ0v) is 13.1. The molecule has 0 spiro atoms. The van der Waals surface area contributed by atoms with Gasteiger partial charge in [-0.05, 0) is 18.9 Å². The number of hydrogen-bond acceptors (Lipinski definition) is 2. The first-order chi connectivity index (χ1) is 8.58. The molecule has 3 heteroatoms. The number of pyridine rings is 1. The van der Waals surface area contributed by atoms with Crippen LogP contribution in [0.25, 0.3) is 0 Å². The monoisotopic (exact) mass is 280 g/mol. The van der Waals surface area contributed by atoms with Crippen LogP contribution in [0.4, 0.5) is 5.69 Å². The average molecular weight is 281 g/mol. The molecule has 1 aliphatic heterocycles. The summed E-state index contributed by atoms with van der Waals surface area (Å²) in [6.45, 7) is 5.74. The molecule has 2 nitrogen and oxygen atoms in total. The second-order valence-electron chi connectivity index (χ2n) is 6.70. The Balaban J connectivity index is 0.00000133. The standard InChI is InChI=1S/C16H24N2.ClH/c1-16(2)11-18(3)15-9-14(17-10-13(15)16)12-7-5-4-6-8-12;/h9-10,12H,4-8,11H2,1-3H3;1H. The Kier molecular flexibility index (Phi) is 4.10. The number of aromatic nitrogens is 1. The maximum absolute atomic E-state index is 4.78. The molecule has 0 N–H and O–H groups in total. The predicted molar refractivity (Wildman–Crippen MR) is 83.6 cm³/mol. The maximum atomic E-state index is 4.78. The molecule has 0 saturated heterocycles. The van der Waals surface area contributed by atoms with Crippen LogP contribution >= 0.6 is 12.4 Å². The van der Waals surface area contributed by atoms with Gasteiger partial charge >= 0.3 is 0 Å². The molecule has 3 rings (SSSR count). The fourth-order valence-corrected chi connectivity index (χ4v) is 3.68. The molecular formula is C16H25ClN2. The van der Waals surface area contributed by atoms with Gasteiger partial charge in [-0.2, -0.15) is 0 Å². The summed E-state index contributed by atoms with van der Waals surface area (Å²) in [4.78, 5) is 7.17. The van der Waals surface area contributed by atoms with Gasteiger partial charge in [0, 0.05) is 48.1 Å². The van der Waals surface area contributed by atoms with E-state index in [1.54, 1.807) is 0 Å². The predicted octanol–water partition coefficient (Wildman–Crippen LogP) is 4.28. The van der Waals surface area contributed by atoms with Gasteiger partial charge in [-0.15, -0.1) is 12.4 Å². The Hall–Kier alpha value is -0.760. The van der Waals surface area contributed by atoms with E-state index in [0.717, 1.165) is 6.54 Å². The van der Waals surface area contributed by atoms with Crippen molar-refractivity contribution in [1.29, 1.82) is 0 Å². The number of rotatable bonds is 1. The highest BCUT2D eigenvalue weighted by molar-refractivity contribution is 5.85. The summed E-state index contributed by atoms with van der Waals surface area (Å²) in [5, 5.41) is 0. The molecule has 19 heavy (non-hydrogen) atoms. The van der Waals surface area contributed by atoms with Gasteiger partial charge < -0.3 is 4.90 Å². The van der Waals surface area contributed by atoms with Crippen LogP contribution in [0.2, 0.25) is 0 Å². The van der Waals surface area contributed by atoms with Crippen LogP contribution in [0.3, 0.4) is 0 Å². The first-order valence-corrected chi connectivity index (χ1v) is 7.29. The fourth-order valence-electron chi connectivity index (χ4n) is 3.68.